The highest BCUT2D eigenvalue weighted by molar-refractivity contribution is 6.45. The van der Waals surface area contributed by atoms with Crippen LogP contribution in [0.1, 0.15) is 43.7 Å². The second kappa shape index (κ2) is 7.91. The molecule has 7 nitrogen and oxygen atoms in total. The second-order valence-corrected chi connectivity index (χ2v) is 8.07. The smallest absolute Gasteiger partial charge is 0.323 e. The van der Waals surface area contributed by atoms with Gasteiger partial charge in [0.25, 0.3) is 0 Å². The van der Waals surface area contributed by atoms with E-state index in [0.717, 1.165) is 40.2 Å². The molecule has 0 spiro atoms. The molecule has 3 rings (SSSR count). The van der Waals surface area contributed by atoms with Crippen molar-refractivity contribution in [2.75, 3.05) is 11.9 Å². The highest BCUT2D eigenvalue weighted by Gasteiger charge is 2.49. The van der Waals surface area contributed by atoms with Crippen LogP contribution in [0.4, 0.5) is 10.5 Å². The van der Waals surface area contributed by atoms with Crippen molar-refractivity contribution in [1.29, 1.82) is 0 Å². The summed E-state index contributed by atoms with van der Waals surface area (Å²) in [5.41, 5.74) is 2.15. The second-order valence-electron chi connectivity index (χ2n) is 7.66. The van der Waals surface area contributed by atoms with Gasteiger partial charge in [-0.1, -0.05) is 37.4 Å². The topological polar surface area (TPSA) is 86.8 Å². The third-order valence-electron chi connectivity index (χ3n) is 5.48. The lowest BCUT2D eigenvalue weighted by Gasteiger charge is -2.34. The number of carbonyl (C=O) groups is 4. The van der Waals surface area contributed by atoms with Gasteiger partial charge in [-0.15, -0.1) is 0 Å². The monoisotopic (exact) mass is 405 g/mol. The Balaban J connectivity index is 1.73. The Labute approximate surface area is 169 Å². The van der Waals surface area contributed by atoms with E-state index in [4.69, 9.17) is 11.6 Å². The number of amides is 5. The lowest BCUT2D eigenvalue weighted by atomic mass is 9.85. The zero-order chi connectivity index (χ0) is 20.6. The minimum atomic E-state index is -0.954. The molecule has 2 fully saturated rings. The van der Waals surface area contributed by atoms with Crippen LogP contribution >= 0.6 is 11.6 Å². The molecule has 1 saturated carbocycles. The van der Waals surface area contributed by atoms with Gasteiger partial charge in [-0.3, -0.25) is 19.3 Å². The molecule has 2 aliphatic rings. The molecular weight excluding hydrogens is 382 g/mol. The van der Waals surface area contributed by atoms with Crippen molar-refractivity contribution in [2.45, 2.75) is 52.5 Å². The first kappa shape index (κ1) is 20.3. The third kappa shape index (κ3) is 3.76. The average molecular weight is 406 g/mol. The van der Waals surface area contributed by atoms with Crippen LogP contribution in [0.2, 0.25) is 5.02 Å². The fraction of sp³-hybridized carbons (Fsp3) is 0.500. The van der Waals surface area contributed by atoms with Gasteiger partial charge in [-0.05, 0) is 49.8 Å². The Kier molecular flexibility index (Phi) is 5.74. The van der Waals surface area contributed by atoms with Crippen molar-refractivity contribution in [3.8, 4) is 0 Å². The van der Waals surface area contributed by atoms with E-state index in [2.05, 4.69) is 5.32 Å². The van der Waals surface area contributed by atoms with E-state index in [1.807, 2.05) is 19.9 Å². The number of nitrogens with one attached hydrogen (secondary N) is 1. The first-order valence-corrected chi connectivity index (χ1v) is 9.84. The van der Waals surface area contributed by atoms with E-state index < -0.39 is 30.3 Å². The summed E-state index contributed by atoms with van der Waals surface area (Å²) in [7, 11) is 0. The van der Waals surface area contributed by atoms with E-state index in [1.54, 1.807) is 13.0 Å². The summed E-state index contributed by atoms with van der Waals surface area (Å²) in [5.74, 6) is -2.25. The van der Waals surface area contributed by atoms with Gasteiger partial charge in [0.2, 0.25) is 5.91 Å². The van der Waals surface area contributed by atoms with Gasteiger partial charge in [0.1, 0.15) is 6.54 Å². The summed E-state index contributed by atoms with van der Waals surface area (Å²) in [6, 6.07) is 2.57. The first-order valence-electron chi connectivity index (χ1n) is 9.46. The van der Waals surface area contributed by atoms with Gasteiger partial charge in [0, 0.05) is 6.04 Å². The van der Waals surface area contributed by atoms with Crippen molar-refractivity contribution in [2.24, 2.45) is 5.92 Å². The molecule has 5 amide bonds. The molecule has 2 atom stereocenters. The lowest BCUT2D eigenvalue weighted by Crippen LogP contribution is -2.46. The Morgan fingerprint density at radius 3 is 2.46 bits per heavy atom. The van der Waals surface area contributed by atoms with Gasteiger partial charge >= 0.3 is 17.8 Å². The van der Waals surface area contributed by atoms with Gasteiger partial charge in [0.15, 0.2) is 0 Å². The van der Waals surface area contributed by atoms with E-state index in [-0.39, 0.29) is 12.0 Å². The summed E-state index contributed by atoms with van der Waals surface area (Å²) in [6.45, 7) is 5.14. The number of halogens is 1. The molecule has 1 aromatic carbocycles. The Bertz CT molecular complexity index is 831. The Morgan fingerprint density at radius 1 is 1.14 bits per heavy atom. The summed E-state index contributed by atoms with van der Waals surface area (Å²) in [4.78, 5) is 51.7. The van der Waals surface area contributed by atoms with Crippen LogP contribution in [0.3, 0.4) is 0 Å². The number of anilines is 1. The molecule has 0 bridgehead atoms. The number of carbonyl (C=O) groups excluding carboxylic acids is 4. The lowest BCUT2D eigenvalue weighted by molar-refractivity contribution is -0.145. The van der Waals surface area contributed by atoms with Gasteiger partial charge in [-0.25, -0.2) is 9.69 Å². The largest absolute Gasteiger partial charge is 0.334 e. The molecule has 1 N–H and O–H groups in total. The SMILES string of the molecule is Cc1cc(C)c(NC(=O)CN2C(=O)C(=O)N([C@H]3CCCC[C@H]3C)C2=O)c(Cl)c1. The number of imide groups is 2. The van der Waals surface area contributed by atoms with Gasteiger partial charge in [-0.2, -0.15) is 0 Å². The molecule has 1 saturated heterocycles. The molecule has 1 heterocycles. The number of hydrogen-bond donors (Lipinski definition) is 1. The molecule has 1 aliphatic heterocycles. The molecule has 0 unspecified atom stereocenters. The zero-order valence-corrected chi connectivity index (χ0v) is 17.0. The van der Waals surface area contributed by atoms with Crippen LogP contribution in [-0.2, 0) is 14.4 Å². The maximum absolute atomic E-state index is 12.7. The number of nitrogens with zero attached hydrogens (tertiary/aromatic N) is 2. The fourth-order valence-electron chi connectivity index (χ4n) is 4.03. The van der Waals surface area contributed by atoms with Crippen molar-refractivity contribution >= 4 is 41.0 Å². The number of urea groups is 1. The average Bonchev–Trinajstić information content (AvgIpc) is 2.82. The predicted octanol–water partition coefficient (Wildman–Crippen LogP) is 3.26. The molecule has 0 aromatic heterocycles. The molecular formula is C20H24ClN3O4. The number of benzene rings is 1. The van der Waals surface area contributed by atoms with E-state index in [9.17, 15) is 19.2 Å². The zero-order valence-electron chi connectivity index (χ0n) is 16.3. The normalized spacial score (nSPS) is 22.8. The maximum Gasteiger partial charge on any atom is 0.334 e. The van der Waals surface area contributed by atoms with Gasteiger partial charge in [0.05, 0.1) is 10.7 Å². The van der Waals surface area contributed by atoms with Crippen molar-refractivity contribution in [3.63, 3.8) is 0 Å². The van der Waals surface area contributed by atoms with Crippen LogP contribution in [0.15, 0.2) is 12.1 Å². The molecule has 0 radical (unpaired) electrons. The van der Waals surface area contributed by atoms with Crippen molar-refractivity contribution in [3.05, 3.63) is 28.3 Å². The minimum absolute atomic E-state index is 0.136. The maximum atomic E-state index is 12.7. The fourth-order valence-corrected chi connectivity index (χ4v) is 4.40. The van der Waals surface area contributed by atoms with Crippen LogP contribution in [0.25, 0.3) is 0 Å². The number of hydrogen-bond acceptors (Lipinski definition) is 4. The first-order chi connectivity index (χ1) is 13.2. The molecule has 1 aromatic rings. The van der Waals surface area contributed by atoms with Crippen molar-refractivity contribution in [1.82, 2.24) is 9.80 Å². The Morgan fingerprint density at radius 2 is 1.82 bits per heavy atom. The highest BCUT2D eigenvalue weighted by Crippen LogP contribution is 2.31. The Hall–Kier alpha value is -2.41. The van der Waals surface area contributed by atoms with Crippen LogP contribution in [0.5, 0.6) is 0 Å². The summed E-state index contributed by atoms with van der Waals surface area (Å²) >= 11 is 6.19. The standard InChI is InChI=1S/C20H24ClN3O4/c1-11-8-13(3)17(14(21)9-11)22-16(25)10-23-18(26)19(27)24(20(23)28)15-7-5-4-6-12(15)2/h8-9,12,15H,4-7,10H2,1-3H3,(H,22,25)/t12-,15+/m1/s1. The number of aryl methyl sites for hydroxylation is 2. The summed E-state index contributed by atoms with van der Waals surface area (Å²) in [5, 5.41) is 3.02. The summed E-state index contributed by atoms with van der Waals surface area (Å²) in [6.07, 6.45) is 3.54. The molecule has 8 heteroatoms. The van der Waals surface area contributed by atoms with E-state index in [1.165, 1.54) is 0 Å². The van der Waals surface area contributed by atoms with Crippen LogP contribution in [-0.4, -0.2) is 46.1 Å². The van der Waals surface area contributed by atoms with Crippen LogP contribution < -0.4 is 5.32 Å². The predicted molar refractivity (Wildman–Crippen MR) is 105 cm³/mol. The minimum Gasteiger partial charge on any atom is -0.323 e. The van der Waals surface area contributed by atoms with Crippen LogP contribution in [0, 0.1) is 19.8 Å². The summed E-state index contributed by atoms with van der Waals surface area (Å²) < 4.78 is 0. The molecule has 1 aliphatic carbocycles. The number of rotatable bonds is 4. The van der Waals surface area contributed by atoms with Gasteiger partial charge < -0.3 is 5.32 Å². The highest BCUT2D eigenvalue weighted by atomic mass is 35.5. The van der Waals surface area contributed by atoms with E-state index in [0.29, 0.717) is 17.1 Å². The third-order valence-corrected chi connectivity index (χ3v) is 5.78. The molecule has 150 valence electrons. The molecule has 28 heavy (non-hydrogen) atoms. The van der Waals surface area contributed by atoms with E-state index >= 15 is 0 Å². The quantitative estimate of drug-likeness (QED) is 0.615. The van der Waals surface area contributed by atoms with Crippen molar-refractivity contribution < 1.29 is 19.2 Å².